The van der Waals surface area contributed by atoms with Gasteiger partial charge in [0.25, 0.3) is 0 Å². The molecule has 0 saturated heterocycles. The molecule has 0 atom stereocenters. The Hall–Kier alpha value is -1.57. The molecule has 2 heteroatoms. The first-order valence-electron chi connectivity index (χ1n) is 4.41. The fourth-order valence-corrected chi connectivity index (χ4v) is 1.65. The minimum atomic E-state index is 0.687. The van der Waals surface area contributed by atoms with E-state index in [4.69, 9.17) is 0 Å². The van der Waals surface area contributed by atoms with Crippen LogP contribution in [0.1, 0.15) is 23.1 Å². The Kier molecular flexibility index (Phi) is 1.89. The number of aryl methyl sites for hydroxylation is 1. The third-order valence-electron chi connectivity index (χ3n) is 2.30. The second-order valence-corrected chi connectivity index (χ2v) is 3.03. The molecule has 0 aliphatic rings. The average Bonchev–Trinajstić information content (AvgIpc) is 2.56. The minimum absolute atomic E-state index is 0.687. The lowest BCUT2D eigenvalue weighted by molar-refractivity contribution is 0.112. The van der Waals surface area contributed by atoms with Gasteiger partial charge >= 0.3 is 0 Å². The average molecular weight is 173 g/mol. The molecule has 0 fully saturated rings. The van der Waals surface area contributed by atoms with E-state index in [1.54, 1.807) is 0 Å². The summed E-state index contributed by atoms with van der Waals surface area (Å²) in [6.45, 7) is 2.08. The topological polar surface area (TPSA) is 32.9 Å². The molecule has 0 amide bonds. The smallest absolute Gasteiger partial charge is 0.166 e. The lowest BCUT2D eigenvalue weighted by Gasteiger charge is -1.91. The molecule has 13 heavy (non-hydrogen) atoms. The van der Waals surface area contributed by atoms with Crippen LogP contribution in [-0.2, 0) is 6.42 Å². The maximum Gasteiger partial charge on any atom is 0.166 e. The third kappa shape index (κ3) is 1.15. The van der Waals surface area contributed by atoms with Crippen LogP contribution in [-0.4, -0.2) is 11.3 Å². The van der Waals surface area contributed by atoms with E-state index in [0.29, 0.717) is 5.69 Å². The maximum atomic E-state index is 10.7. The number of nitrogens with one attached hydrogen (secondary N) is 1. The van der Waals surface area contributed by atoms with Gasteiger partial charge in [0, 0.05) is 16.5 Å². The largest absolute Gasteiger partial charge is 0.355 e. The molecular weight excluding hydrogens is 162 g/mol. The summed E-state index contributed by atoms with van der Waals surface area (Å²) in [7, 11) is 0. The molecule has 0 radical (unpaired) electrons. The molecule has 0 saturated carbocycles. The summed E-state index contributed by atoms with van der Waals surface area (Å²) in [4.78, 5) is 13.8. The van der Waals surface area contributed by atoms with Gasteiger partial charge in [-0.1, -0.05) is 31.2 Å². The Morgan fingerprint density at radius 2 is 2.00 bits per heavy atom. The number of carbonyl (C=O) groups excluding carboxylic acids is 1. The first kappa shape index (κ1) is 8.05. The van der Waals surface area contributed by atoms with E-state index in [2.05, 4.69) is 11.9 Å². The van der Waals surface area contributed by atoms with E-state index >= 15 is 0 Å². The Morgan fingerprint density at radius 1 is 1.31 bits per heavy atom. The van der Waals surface area contributed by atoms with Crippen LogP contribution in [0.15, 0.2) is 24.3 Å². The highest BCUT2D eigenvalue weighted by molar-refractivity contribution is 5.98. The highest BCUT2D eigenvalue weighted by Gasteiger charge is 2.06. The fraction of sp³-hybridized carbons (Fsp3) is 0.182. The zero-order valence-corrected chi connectivity index (χ0v) is 7.50. The third-order valence-corrected chi connectivity index (χ3v) is 2.30. The molecule has 1 N–H and O–H groups in total. The van der Waals surface area contributed by atoms with Crippen molar-refractivity contribution >= 4 is 17.1 Å². The second kappa shape index (κ2) is 3.05. The van der Waals surface area contributed by atoms with Crippen molar-refractivity contribution in [3.8, 4) is 0 Å². The van der Waals surface area contributed by atoms with E-state index in [1.165, 1.54) is 0 Å². The normalized spacial score (nSPS) is 10.5. The minimum Gasteiger partial charge on any atom is -0.355 e. The molecule has 66 valence electrons. The van der Waals surface area contributed by atoms with Crippen LogP contribution in [0.25, 0.3) is 10.8 Å². The maximum absolute atomic E-state index is 10.7. The lowest BCUT2D eigenvalue weighted by atomic mass is 10.1. The van der Waals surface area contributed by atoms with Gasteiger partial charge in [-0.2, -0.15) is 0 Å². The summed E-state index contributed by atoms with van der Waals surface area (Å²) in [5.41, 5.74) is 1.82. The summed E-state index contributed by atoms with van der Waals surface area (Å²) in [6, 6.07) is 7.94. The van der Waals surface area contributed by atoms with Gasteiger partial charge in [-0.05, 0) is 6.42 Å². The number of fused-ring (bicyclic) bond motifs is 1. The number of carbonyl (C=O) groups is 1. The number of benzene rings is 1. The van der Waals surface area contributed by atoms with E-state index < -0.39 is 0 Å². The molecule has 1 aromatic heterocycles. The number of H-pyrrole nitrogens is 1. The molecular formula is C11H11NO. The van der Waals surface area contributed by atoms with Crippen molar-refractivity contribution in [2.24, 2.45) is 0 Å². The Balaban J connectivity index is 2.81. The molecule has 0 aliphatic heterocycles. The Bertz CT molecular complexity index is 442. The van der Waals surface area contributed by atoms with Gasteiger partial charge in [-0.25, -0.2) is 0 Å². The van der Waals surface area contributed by atoms with Crippen LogP contribution in [0.2, 0.25) is 0 Å². The van der Waals surface area contributed by atoms with Crippen LogP contribution in [0.3, 0.4) is 0 Å². The fourth-order valence-electron chi connectivity index (χ4n) is 1.65. The number of hydrogen-bond acceptors (Lipinski definition) is 1. The molecule has 0 bridgehead atoms. The summed E-state index contributed by atoms with van der Waals surface area (Å²) < 4.78 is 0. The van der Waals surface area contributed by atoms with Gasteiger partial charge in [0.05, 0.1) is 5.69 Å². The number of aromatic amines is 1. The molecule has 0 spiro atoms. The number of aromatic nitrogens is 1. The lowest BCUT2D eigenvalue weighted by Crippen LogP contribution is -1.81. The van der Waals surface area contributed by atoms with Gasteiger partial charge < -0.3 is 4.98 Å². The van der Waals surface area contributed by atoms with Crippen molar-refractivity contribution in [1.82, 2.24) is 4.98 Å². The van der Waals surface area contributed by atoms with Gasteiger partial charge in [0.15, 0.2) is 6.29 Å². The van der Waals surface area contributed by atoms with E-state index in [0.717, 1.165) is 29.2 Å². The van der Waals surface area contributed by atoms with Crippen LogP contribution in [0.4, 0.5) is 0 Å². The quantitative estimate of drug-likeness (QED) is 0.695. The summed E-state index contributed by atoms with van der Waals surface area (Å²) >= 11 is 0. The van der Waals surface area contributed by atoms with Gasteiger partial charge in [0.1, 0.15) is 0 Å². The zero-order valence-electron chi connectivity index (χ0n) is 7.50. The van der Waals surface area contributed by atoms with E-state index in [1.807, 2.05) is 24.3 Å². The molecule has 0 unspecified atom stereocenters. The van der Waals surface area contributed by atoms with Crippen LogP contribution < -0.4 is 0 Å². The van der Waals surface area contributed by atoms with Crippen molar-refractivity contribution in [2.45, 2.75) is 13.3 Å². The molecule has 2 aromatic rings. The molecule has 1 heterocycles. The predicted molar refractivity (Wildman–Crippen MR) is 53.1 cm³/mol. The van der Waals surface area contributed by atoms with Crippen molar-refractivity contribution in [3.63, 3.8) is 0 Å². The first-order valence-corrected chi connectivity index (χ1v) is 4.41. The molecule has 2 nitrogen and oxygen atoms in total. The van der Waals surface area contributed by atoms with E-state index in [-0.39, 0.29) is 0 Å². The van der Waals surface area contributed by atoms with Crippen molar-refractivity contribution in [3.05, 3.63) is 35.7 Å². The first-order chi connectivity index (χ1) is 6.36. The van der Waals surface area contributed by atoms with Gasteiger partial charge in [-0.3, -0.25) is 4.79 Å². The number of aldehydes is 1. The highest BCUT2D eigenvalue weighted by Crippen LogP contribution is 2.21. The Morgan fingerprint density at radius 3 is 2.62 bits per heavy atom. The summed E-state index contributed by atoms with van der Waals surface area (Å²) in [5.74, 6) is 0. The number of hydrogen-bond donors (Lipinski definition) is 1. The standard InChI is InChI=1S/C11H11NO/c1-2-10-8-5-3-4-6-9(8)11(7-13)12-10/h3-7,12H,2H2,1H3. The summed E-state index contributed by atoms with van der Waals surface area (Å²) in [5, 5.41) is 2.18. The predicted octanol–water partition coefficient (Wildman–Crippen LogP) is 2.54. The van der Waals surface area contributed by atoms with Crippen molar-refractivity contribution in [2.75, 3.05) is 0 Å². The summed E-state index contributed by atoms with van der Waals surface area (Å²) in [6.07, 6.45) is 1.80. The van der Waals surface area contributed by atoms with Crippen molar-refractivity contribution in [1.29, 1.82) is 0 Å². The van der Waals surface area contributed by atoms with Gasteiger partial charge in [0.2, 0.25) is 0 Å². The van der Waals surface area contributed by atoms with Crippen LogP contribution >= 0.6 is 0 Å². The second-order valence-electron chi connectivity index (χ2n) is 3.03. The van der Waals surface area contributed by atoms with Crippen LogP contribution in [0, 0.1) is 0 Å². The van der Waals surface area contributed by atoms with Gasteiger partial charge in [-0.15, -0.1) is 0 Å². The zero-order chi connectivity index (χ0) is 9.26. The highest BCUT2D eigenvalue weighted by atomic mass is 16.1. The van der Waals surface area contributed by atoms with E-state index in [9.17, 15) is 4.79 Å². The SMILES string of the molecule is CCc1[nH]c(C=O)c2ccccc12. The van der Waals surface area contributed by atoms with Crippen LogP contribution in [0.5, 0.6) is 0 Å². The molecule has 1 aromatic carbocycles. The molecule has 2 rings (SSSR count). The Labute approximate surface area is 76.6 Å². The molecule has 0 aliphatic carbocycles. The monoisotopic (exact) mass is 173 g/mol. The number of rotatable bonds is 2. The van der Waals surface area contributed by atoms with Crippen molar-refractivity contribution < 1.29 is 4.79 Å².